The molecular weight excluding hydrogens is 598 g/mol. The van der Waals surface area contributed by atoms with E-state index in [1.54, 1.807) is 13.8 Å². The molecule has 2 aliphatic heterocycles. The number of fused-ring (bicyclic) bond motifs is 2. The molecule has 0 aromatic heterocycles. The third-order valence-electron chi connectivity index (χ3n) is 6.78. The van der Waals surface area contributed by atoms with Crippen LogP contribution >= 0.6 is 0 Å². The Balaban J connectivity index is 0.000000246. The highest BCUT2D eigenvalue weighted by atomic mass is 19.1. The molecule has 2 heterocycles. The number of ketones is 2. The van der Waals surface area contributed by atoms with Gasteiger partial charge in [-0.2, -0.15) is 0 Å². The number of carbonyl (C=O) groups is 6. The lowest BCUT2D eigenvalue weighted by atomic mass is 10.0. The molecule has 4 rings (SSSR count). The molecule has 0 bridgehead atoms. The number of benzene rings is 2. The molecule has 14 heteroatoms. The summed E-state index contributed by atoms with van der Waals surface area (Å²) in [7, 11) is 0. The second-order valence-electron chi connectivity index (χ2n) is 10.1. The van der Waals surface area contributed by atoms with Crippen molar-refractivity contribution in [3.05, 3.63) is 47.0 Å². The van der Waals surface area contributed by atoms with Crippen LogP contribution in [-0.4, -0.2) is 73.8 Å². The lowest BCUT2D eigenvalue weighted by Crippen LogP contribution is -2.48. The molecule has 0 saturated heterocycles. The van der Waals surface area contributed by atoms with Crippen molar-refractivity contribution in [3.63, 3.8) is 0 Å². The van der Waals surface area contributed by atoms with Crippen molar-refractivity contribution < 1.29 is 56.5 Å². The Morgan fingerprint density at radius 1 is 0.778 bits per heavy atom. The van der Waals surface area contributed by atoms with Crippen LogP contribution in [0.25, 0.3) is 0 Å². The second-order valence-corrected chi connectivity index (χ2v) is 10.1. The van der Waals surface area contributed by atoms with Gasteiger partial charge in [0.25, 0.3) is 11.8 Å². The first kappa shape index (κ1) is 34.6. The maximum Gasteiger partial charge on any atom is 0.328 e. The highest BCUT2D eigenvalue weighted by molar-refractivity contribution is 6.05. The number of ether oxygens (including phenoxy) is 4. The van der Waals surface area contributed by atoms with E-state index >= 15 is 0 Å². The van der Waals surface area contributed by atoms with E-state index < -0.39 is 53.3 Å². The Morgan fingerprint density at radius 3 is 1.64 bits per heavy atom. The zero-order chi connectivity index (χ0) is 33.6. The molecule has 2 atom stereocenters. The van der Waals surface area contributed by atoms with Gasteiger partial charge in [-0.25, -0.2) is 18.4 Å². The Bertz CT molecular complexity index is 1530. The predicted octanol–water partition coefficient (Wildman–Crippen LogP) is 3.34. The molecule has 2 aromatic rings. The van der Waals surface area contributed by atoms with E-state index in [-0.39, 0.29) is 72.6 Å². The van der Waals surface area contributed by atoms with E-state index in [0.717, 1.165) is 12.1 Å². The zero-order valence-corrected chi connectivity index (χ0v) is 25.7. The summed E-state index contributed by atoms with van der Waals surface area (Å²) in [6.45, 7) is 8.68. The molecule has 45 heavy (non-hydrogen) atoms. The molecule has 0 fully saturated rings. The predicted molar refractivity (Wildman–Crippen MR) is 155 cm³/mol. The summed E-state index contributed by atoms with van der Waals surface area (Å²) in [5.74, 6) is -3.79. The van der Waals surface area contributed by atoms with Crippen LogP contribution in [0.1, 0.15) is 57.5 Å². The minimum atomic E-state index is -0.902. The van der Waals surface area contributed by atoms with Crippen molar-refractivity contribution in [2.24, 2.45) is 0 Å². The Morgan fingerprint density at radius 2 is 1.22 bits per heavy atom. The van der Waals surface area contributed by atoms with E-state index in [4.69, 9.17) is 18.9 Å². The van der Waals surface area contributed by atoms with Crippen molar-refractivity contribution in [2.75, 3.05) is 36.2 Å². The van der Waals surface area contributed by atoms with Crippen molar-refractivity contribution in [3.8, 4) is 11.5 Å². The van der Waals surface area contributed by atoms with Gasteiger partial charge in [0, 0.05) is 18.6 Å². The van der Waals surface area contributed by atoms with E-state index in [0.29, 0.717) is 0 Å². The molecule has 2 amide bonds. The van der Waals surface area contributed by atoms with Gasteiger partial charge in [0.15, 0.2) is 19.0 Å². The van der Waals surface area contributed by atoms with Gasteiger partial charge in [-0.3, -0.25) is 29.0 Å². The van der Waals surface area contributed by atoms with Crippen LogP contribution in [0, 0.1) is 11.6 Å². The summed E-state index contributed by atoms with van der Waals surface area (Å²) in [4.78, 5) is 73.2. The number of amides is 2. The number of hydrogen-bond acceptors (Lipinski definition) is 10. The number of esters is 2. The normalized spacial score (nSPS) is 14.8. The molecule has 0 saturated carbocycles. The van der Waals surface area contributed by atoms with Crippen molar-refractivity contribution >= 4 is 46.7 Å². The standard InChI is InChI=1S/C16H18FNO5.C15H16FNO5/c1-4-22-16(21)10(3)18-13-6-11(5-9(2)19)12(17)7-14(13)23-8-15(18)20;1-4-21-15(20)8(2)17-12-5-10(9(3)18)11(16)6-13(12)22-7-14(17)19/h6-7,10H,4-5,8H2,1-3H3;5-6,8H,4,7H2,1-3H3. The van der Waals surface area contributed by atoms with Crippen LogP contribution in [0.3, 0.4) is 0 Å². The van der Waals surface area contributed by atoms with Crippen LogP contribution in [0.2, 0.25) is 0 Å². The van der Waals surface area contributed by atoms with Crippen LogP contribution in [0.4, 0.5) is 20.2 Å². The number of halogens is 2. The largest absolute Gasteiger partial charge is 0.481 e. The Hall–Kier alpha value is -4.88. The molecule has 242 valence electrons. The summed E-state index contributed by atoms with van der Waals surface area (Å²) in [5, 5.41) is 0. The van der Waals surface area contributed by atoms with Crippen molar-refractivity contribution in [2.45, 2.75) is 60.0 Å². The molecule has 0 radical (unpaired) electrons. The van der Waals surface area contributed by atoms with Crippen LogP contribution in [0.15, 0.2) is 24.3 Å². The highest BCUT2D eigenvalue weighted by Crippen LogP contribution is 2.37. The molecule has 12 nitrogen and oxygen atoms in total. The Labute approximate surface area is 258 Å². The van der Waals surface area contributed by atoms with Crippen LogP contribution in [-0.2, 0) is 39.9 Å². The van der Waals surface area contributed by atoms with Crippen molar-refractivity contribution in [1.29, 1.82) is 0 Å². The van der Waals surface area contributed by atoms with Gasteiger partial charge in [-0.05, 0) is 59.2 Å². The average molecular weight is 633 g/mol. The SMILES string of the molecule is CCOC(=O)C(C)N1C(=O)COc2cc(F)c(C(C)=O)cc21.CCOC(=O)C(C)N1C(=O)COc2cc(F)c(CC(C)=O)cc21. The average Bonchev–Trinajstić information content (AvgIpc) is 2.97. The van der Waals surface area contributed by atoms with Gasteiger partial charge in [0.05, 0.1) is 30.2 Å². The molecule has 0 aliphatic carbocycles. The lowest BCUT2D eigenvalue weighted by Gasteiger charge is -2.33. The summed E-state index contributed by atoms with van der Waals surface area (Å²) in [6, 6.07) is 2.99. The first-order chi connectivity index (χ1) is 21.2. The molecule has 0 N–H and O–H groups in total. The fourth-order valence-corrected chi connectivity index (χ4v) is 4.68. The van der Waals surface area contributed by atoms with Gasteiger partial charge >= 0.3 is 11.9 Å². The monoisotopic (exact) mass is 632 g/mol. The fraction of sp³-hybridized carbons (Fsp3) is 0.419. The summed E-state index contributed by atoms with van der Waals surface area (Å²) >= 11 is 0. The topological polar surface area (TPSA) is 146 Å². The summed E-state index contributed by atoms with van der Waals surface area (Å²) in [5.41, 5.74) is 0.427. The number of anilines is 2. The molecule has 2 aliphatic rings. The third-order valence-corrected chi connectivity index (χ3v) is 6.78. The maximum atomic E-state index is 14.0. The molecule has 0 spiro atoms. The number of nitrogens with zero attached hydrogens (tertiary/aromatic N) is 2. The minimum Gasteiger partial charge on any atom is -0.481 e. The smallest absolute Gasteiger partial charge is 0.328 e. The van der Waals surface area contributed by atoms with E-state index in [1.165, 1.54) is 49.6 Å². The molecular formula is C31H34F2N2O10. The van der Waals surface area contributed by atoms with Crippen LogP contribution < -0.4 is 19.3 Å². The maximum absolute atomic E-state index is 14.0. The van der Waals surface area contributed by atoms with Gasteiger partial charge in [-0.1, -0.05) is 0 Å². The highest BCUT2D eigenvalue weighted by Gasteiger charge is 2.36. The van der Waals surface area contributed by atoms with Gasteiger partial charge in [0.1, 0.15) is 41.0 Å². The summed E-state index contributed by atoms with van der Waals surface area (Å²) < 4.78 is 48.1. The van der Waals surface area contributed by atoms with Crippen molar-refractivity contribution in [1.82, 2.24) is 0 Å². The molecule has 2 aromatic carbocycles. The minimum absolute atomic E-state index is 0.102. The first-order valence-corrected chi connectivity index (χ1v) is 14.1. The van der Waals surface area contributed by atoms with E-state index in [9.17, 15) is 37.5 Å². The quantitative estimate of drug-likeness (QED) is 0.298. The van der Waals surface area contributed by atoms with Gasteiger partial charge in [0.2, 0.25) is 0 Å². The zero-order valence-electron chi connectivity index (χ0n) is 25.7. The lowest BCUT2D eigenvalue weighted by molar-refractivity contribution is -0.146. The number of carbonyl (C=O) groups excluding carboxylic acids is 6. The second kappa shape index (κ2) is 14.7. The van der Waals surface area contributed by atoms with Gasteiger partial charge < -0.3 is 18.9 Å². The number of rotatable bonds is 9. The number of Topliss-reactive ketones (excluding diaryl/α,β-unsaturated/α-hetero) is 2. The molecule has 2 unspecified atom stereocenters. The van der Waals surface area contributed by atoms with Gasteiger partial charge in [-0.15, -0.1) is 0 Å². The third kappa shape index (κ3) is 7.80. The first-order valence-electron chi connectivity index (χ1n) is 14.1. The van der Waals surface area contributed by atoms with E-state index in [2.05, 4.69) is 0 Å². The number of hydrogen-bond donors (Lipinski definition) is 0. The fourth-order valence-electron chi connectivity index (χ4n) is 4.68. The Kier molecular flexibility index (Phi) is 11.3. The van der Waals surface area contributed by atoms with Crippen LogP contribution in [0.5, 0.6) is 11.5 Å². The van der Waals surface area contributed by atoms with E-state index in [1.807, 2.05) is 0 Å². The summed E-state index contributed by atoms with van der Waals surface area (Å²) in [6.07, 6.45) is -0.102.